The minimum absolute atomic E-state index is 0.117. The van der Waals surface area contributed by atoms with Crippen molar-refractivity contribution in [2.75, 3.05) is 6.61 Å². The summed E-state index contributed by atoms with van der Waals surface area (Å²) < 4.78 is 4.97. The molecule has 1 rings (SSSR count). The third-order valence-electron chi connectivity index (χ3n) is 2.74. The second-order valence-electron chi connectivity index (χ2n) is 4.41. The lowest BCUT2D eigenvalue weighted by molar-refractivity contribution is -0.385. The maximum absolute atomic E-state index is 11.6. The molecule has 0 aromatic heterocycles. The van der Waals surface area contributed by atoms with Crippen LogP contribution in [-0.4, -0.2) is 28.6 Å². The highest BCUT2D eigenvalue weighted by atomic mass is 16.6. The van der Waals surface area contributed by atoms with Crippen molar-refractivity contribution in [3.05, 3.63) is 33.9 Å². The van der Waals surface area contributed by atoms with Gasteiger partial charge in [0.2, 0.25) is 0 Å². The lowest BCUT2D eigenvalue weighted by Crippen LogP contribution is -2.34. The van der Waals surface area contributed by atoms with Crippen LogP contribution in [0.1, 0.15) is 25.3 Å². The Kier molecular flexibility index (Phi) is 5.92. The fourth-order valence-corrected chi connectivity index (χ4v) is 1.60. The molecule has 1 aromatic rings. The van der Waals surface area contributed by atoms with Crippen LogP contribution in [0.3, 0.4) is 0 Å². The Morgan fingerprint density at radius 1 is 1.55 bits per heavy atom. The lowest BCUT2D eigenvalue weighted by Gasteiger charge is -2.11. The van der Waals surface area contributed by atoms with Crippen LogP contribution >= 0.6 is 0 Å². The largest absolute Gasteiger partial charge is 0.502 e. The monoisotopic (exact) mass is 282 g/mol. The number of carbonyl (C=O) groups excluding carboxylic acids is 1. The Balaban J connectivity index is 2.66. The highest BCUT2D eigenvalue weighted by Crippen LogP contribution is 2.26. The number of phenols is 1. The van der Waals surface area contributed by atoms with E-state index in [1.54, 1.807) is 0 Å². The van der Waals surface area contributed by atoms with Gasteiger partial charge in [0.25, 0.3) is 0 Å². The van der Waals surface area contributed by atoms with E-state index in [1.807, 2.05) is 6.92 Å². The maximum Gasteiger partial charge on any atom is 0.323 e. The number of aromatic hydroxyl groups is 1. The second kappa shape index (κ2) is 7.44. The molecule has 0 spiro atoms. The zero-order chi connectivity index (χ0) is 15.1. The van der Waals surface area contributed by atoms with Gasteiger partial charge in [0.1, 0.15) is 6.04 Å². The summed E-state index contributed by atoms with van der Waals surface area (Å²) in [5.41, 5.74) is 5.78. The van der Waals surface area contributed by atoms with Gasteiger partial charge in [-0.05, 0) is 24.5 Å². The molecule has 20 heavy (non-hydrogen) atoms. The Morgan fingerprint density at radius 3 is 2.85 bits per heavy atom. The first-order valence-electron chi connectivity index (χ1n) is 6.34. The number of benzene rings is 1. The van der Waals surface area contributed by atoms with Gasteiger partial charge >= 0.3 is 11.7 Å². The molecular formula is C13H18N2O5. The molecule has 0 amide bonds. The molecule has 0 aliphatic heterocycles. The fraction of sp³-hybridized carbons (Fsp3) is 0.462. The smallest absolute Gasteiger partial charge is 0.323 e. The molecule has 1 aromatic carbocycles. The molecule has 0 saturated heterocycles. The molecule has 0 fully saturated rings. The van der Waals surface area contributed by atoms with Crippen molar-refractivity contribution in [3.63, 3.8) is 0 Å². The fourth-order valence-electron chi connectivity index (χ4n) is 1.60. The van der Waals surface area contributed by atoms with Crippen molar-refractivity contribution in [1.82, 2.24) is 0 Å². The molecule has 0 heterocycles. The minimum atomic E-state index is -0.879. The predicted octanol–water partition coefficient (Wildman–Crippen LogP) is 1.51. The van der Waals surface area contributed by atoms with Gasteiger partial charge in [-0.25, -0.2) is 0 Å². The number of phenolic OH excluding ortho intramolecular Hbond substituents is 1. The maximum atomic E-state index is 11.6. The zero-order valence-electron chi connectivity index (χ0n) is 11.2. The van der Waals surface area contributed by atoms with Crippen LogP contribution in [0.4, 0.5) is 5.69 Å². The van der Waals surface area contributed by atoms with E-state index in [1.165, 1.54) is 18.2 Å². The molecule has 7 heteroatoms. The number of ether oxygens (including phenoxy) is 1. The van der Waals surface area contributed by atoms with Crippen molar-refractivity contribution < 1.29 is 19.6 Å². The number of nitro groups is 1. The van der Waals surface area contributed by atoms with Gasteiger partial charge in [0, 0.05) is 6.07 Å². The Bertz CT molecular complexity index is 490. The summed E-state index contributed by atoms with van der Waals surface area (Å²) in [6, 6.07) is 3.02. The third kappa shape index (κ3) is 4.51. The topological polar surface area (TPSA) is 116 Å². The predicted molar refractivity (Wildman–Crippen MR) is 72.3 cm³/mol. The number of hydrogen-bond donors (Lipinski definition) is 2. The molecule has 0 bridgehead atoms. The molecule has 0 aliphatic carbocycles. The molecule has 0 aliphatic rings. The quantitative estimate of drug-likeness (QED) is 0.339. The average molecular weight is 282 g/mol. The van der Waals surface area contributed by atoms with E-state index in [4.69, 9.17) is 10.5 Å². The number of hydrogen-bond acceptors (Lipinski definition) is 6. The summed E-state index contributed by atoms with van der Waals surface area (Å²) in [6.07, 6.45) is 1.79. The van der Waals surface area contributed by atoms with Crippen LogP contribution in [0.15, 0.2) is 18.2 Å². The molecular weight excluding hydrogens is 264 g/mol. The second-order valence-corrected chi connectivity index (χ2v) is 4.41. The Hall–Kier alpha value is -2.15. The van der Waals surface area contributed by atoms with Gasteiger partial charge in [-0.15, -0.1) is 0 Å². The number of esters is 1. The Labute approximate surface area is 116 Å². The normalized spacial score (nSPS) is 11.9. The summed E-state index contributed by atoms with van der Waals surface area (Å²) in [6.45, 7) is 2.29. The van der Waals surface area contributed by atoms with Crippen molar-refractivity contribution in [2.24, 2.45) is 5.73 Å². The number of nitrogens with zero attached hydrogens (tertiary/aromatic N) is 1. The van der Waals surface area contributed by atoms with Gasteiger partial charge in [-0.2, -0.15) is 0 Å². The van der Waals surface area contributed by atoms with Gasteiger partial charge in [-0.3, -0.25) is 14.9 Å². The molecule has 0 saturated carbocycles. The van der Waals surface area contributed by atoms with Crippen molar-refractivity contribution >= 4 is 11.7 Å². The first-order chi connectivity index (χ1) is 9.45. The van der Waals surface area contributed by atoms with Crippen LogP contribution in [0.2, 0.25) is 0 Å². The van der Waals surface area contributed by atoms with Crippen LogP contribution in [0, 0.1) is 10.1 Å². The van der Waals surface area contributed by atoms with Gasteiger partial charge in [0.05, 0.1) is 11.5 Å². The summed E-state index contributed by atoms with van der Waals surface area (Å²) in [5.74, 6) is -0.952. The van der Waals surface area contributed by atoms with Crippen molar-refractivity contribution in [3.8, 4) is 5.75 Å². The third-order valence-corrected chi connectivity index (χ3v) is 2.74. The van der Waals surface area contributed by atoms with Crippen LogP contribution in [0.5, 0.6) is 5.75 Å². The van der Waals surface area contributed by atoms with Crippen LogP contribution in [-0.2, 0) is 16.0 Å². The van der Waals surface area contributed by atoms with E-state index in [2.05, 4.69) is 0 Å². The summed E-state index contributed by atoms with van der Waals surface area (Å²) in [4.78, 5) is 21.6. The molecule has 7 nitrogen and oxygen atoms in total. The van der Waals surface area contributed by atoms with Crippen LogP contribution in [0.25, 0.3) is 0 Å². The molecule has 1 atom stereocenters. The first kappa shape index (κ1) is 15.9. The highest BCUT2D eigenvalue weighted by Gasteiger charge is 2.19. The minimum Gasteiger partial charge on any atom is -0.502 e. The standard InChI is InChI=1S/C13H18N2O5/c1-2-3-6-20-13(17)10(14)7-9-4-5-12(16)11(8-9)15(18)19/h4-5,8,10,16H,2-3,6-7,14H2,1H3. The van der Waals surface area contributed by atoms with Crippen molar-refractivity contribution in [2.45, 2.75) is 32.2 Å². The van der Waals surface area contributed by atoms with Gasteiger partial charge in [-0.1, -0.05) is 19.4 Å². The molecule has 110 valence electrons. The first-order valence-corrected chi connectivity index (χ1v) is 6.34. The van der Waals surface area contributed by atoms with Gasteiger partial charge in [0.15, 0.2) is 5.75 Å². The van der Waals surface area contributed by atoms with E-state index in [-0.39, 0.29) is 6.42 Å². The van der Waals surface area contributed by atoms with E-state index in [0.717, 1.165) is 12.8 Å². The van der Waals surface area contributed by atoms with Crippen molar-refractivity contribution in [1.29, 1.82) is 0 Å². The number of nitro benzene ring substituents is 1. The number of rotatable bonds is 7. The van der Waals surface area contributed by atoms with Gasteiger partial charge < -0.3 is 15.6 Å². The summed E-state index contributed by atoms with van der Waals surface area (Å²) in [7, 11) is 0. The highest BCUT2D eigenvalue weighted by molar-refractivity contribution is 5.76. The van der Waals surface area contributed by atoms with Crippen LogP contribution < -0.4 is 5.73 Å². The zero-order valence-corrected chi connectivity index (χ0v) is 11.2. The van der Waals surface area contributed by atoms with E-state index >= 15 is 0 Å². The molecule has 1 unspecified atom stereocenters. The number of nitrogens with two attached hydrogens (primary N) is 1. The summed E-state index contributed by atoms with van der Waals surface area (Å²) in [5, 5.41) is 20.0. The van der Waals surface area contributed by atoms with E-state index in [9.17, 15) is 20.0 Å². The SMILES string of the molecule is CCCCOC(=O)C(N)Cc1ccc(O)c([N+](=O)[O-])c1. The lowest BCUT2D eigenvalue weighted by atomic mass is 10.1. The van der Waals surface area contributed by atoms with E-state index in [0.29, 0.717) is 12.2 Å². The Morgan fingerprint density at radius 2 is 2.25 bits per heavy atom. The van der Waals surface area contributed by atoms with E-state index < -0.39 is 28.4 Å². The summed E-state index contributed by atoms with van der Waals surface area (Å²) >= 11 is 0. The molecule has 0 radical (unpaired) electrons. The molecule has 3 N–H and O–H groups in total. The number of carbonyl (C=O) groups is 1. The average Bonchev–Trinajstić information content (AvgIpc) is 2.40. The number of unbranched alkanes of at least 4 members (excludes halogenated alkanes) is 1.